The van der Waals surface area contributed by atoms with Gasteiger partial charge in [0.05, 0.1) is 24.3 Å². The van der Waals surface area contributed by atoms with Crippen molar-refractivity contribution in [1.29, 1.82) is 0 Å². The molecule has 4 aliphatic carbocycles. The van der Waals surface area contributed by atoms with Gasteiger partial charge in [-0.1, -0.05) is 16.8 Å². The summed E-state index contributed by atoms with van der Waals surface area (Å²) in [5, 5.41) is 19.4. The van der Waals surface area contributed by atoms with Gasteiger partial charge in [-0.25, -0.2) is 9.37 Å². The molecule has 0 saturated heterocycles. The Balaban J connectivity index is 1.14. The fourth-order valence-corrected chi connectivity index (χ4v) is 8.18. The molecule has 2 aromatic rings. The number of hydrogen-bond donors (Lipinski definition) is 3. The first-order valence-electron chi connectivity index (χ1n) is 16.4. The molecule has 1 aromatic carbocycles. The Kier molecular flexibility index (Phi) is 8.58. The van der Waals surface area contributed by atoms with Crippen LogP contribution < -0.4 is 15.4 Å². The molecule has 16 heteroatoms. The molecule has 2 bridgehead atoms. The van der Waals surface area contributed by atoms with E-state index in [1.807, 2.05) is 0 Å². The molecule has 50 heavy (non-hydrogen) atoms. The van der Waals surface area contributed by atoms with E-state index in [-0.39, 0.29) is 47.5 Å². The van der Waals surface area contributed by atoms with Crippen molar-refractivity contribution in [2.75, 3.05) is 12.4 Å². The molecule has 3 N–H and O–H groups in total. The van der Waals surface area contributed by atoms with Gasteiger partial charge in [0, 0.05) is 35.3 Å². The number of rotatable bonds is 8. The highest BCUT2D eigenvalue weighted by Crippen LogP contribution is 2.54. The maximum atomic E-state index is 14.0. The molecule has 0 radical (unpaired) electrons. The van der Waals surface area contributed by atoms with Gasteiger partial charge in [0.1, 0.15) is 17.5 Å². The molecular weight excluding hydrogens is 677 g/mol. The van der Waals surface area contributed by atoms with Crippen molar-refractivity contribution in [3.8, 4) is 5.88 Å². The Hall–Kier alpha value is -4.21. The minimum absolute atomic E-state index is 0.0379. The van der Waals surface area contributed by atoms with Crippen molar-refractivity contribution in [2.45, 2.75) is 69.1 Å². The molecule has 4 saturated carbocycles. The van der Waals surface area contributed by atoms with E-state index in [9.17, 15) is 45.4 Å². The number of hydrogen-bond acceptors (Lipinski definition) is 7. The van der Waals surface area contributed by atoms with E-state index in [0.717, 1.165) is 24.5 Å². The molecule has 0 spiro atoms. The Bertz CT molecular complexity index is 1760. The summed E-state index contributed by atoms with van der Waals surface area (Å²) < 4.78 is 99.1. The molecule has 9 nitrogen and oxygen atoms in total. The number of aliphatic hydroxyl groups excluding tert-OH is 1. The van der Waals surface area contributed by atoms with E-state index < -0.39 is 71.6 Å². The van der Waals surface area contributed by atoms with Crippen LogP contribution in [0.5, 0.6) is 5.88 Å². The van der Waals surface area contributed by atoms with Crippen LogP contribution in [0.25, 0.3) is 0 Å². The van der Waals surface area contributed by atoms with E-state index in [1.54, 1.807) is 0 Å². The van der Waals surface area contributed by atoms with Gasteiger partial charge in [-0.2, -0.15) is 26.3 Å². The van der Waals surface area contributed by atoms with E-state index in [4.69, 9.17) is 9.57 Å². The van der Waals surface area contributed by atoms with Crippen LogP contribution in [-0.2, 0) is 15.8 Å². The summed E-state index contributed by atoms with van der Waals surface area (Å²) in [5.74, 6) is -5.50. The number of aromatic nitrogens is 1. The maximum Gasteiger partial charge on any atom is 0.419 e. The highest BCUT2D eigenvalue weighted by atomic mass is 19.4. The van der Waals surface area contributed by atoms with Gasteiger partial charge in [0.2, 0.25) is 11.8 Å². The summed E-state index contributed by atoms with van der Waals surface area (Å²) in [7, 11) is 1.30. The van der Waals surface area contributed by atoms with Gasteiger partial charge in [0.25, 0.3) is 5.91 Å². The number of nitrogens with zero attached hydrogens (tertiary/aromatic N) is 2. The molecule has 1 aromatic heterocycles. The molecule has 5 aliphatic rings. The molecule has 7 rings (SSSR count). The number of allylic oxidation sites excluding steroid dienone is 1. The van der Waals surface area contributed by atoms with Crippen LogP contribution in [0.3, 0.4) is 0 Å². The van der Waals surface area contributed by atoms with Crippen molar-refractivity contribution < 1.29 is 55.0 Å². The number of anilines is 1. The van der Waals surface area contributed by atoms with Crippen LogP contribution in [0.1, 0.15) is 60.0 Å². The summed E-state index contributed by atoms with van der Waals surface area (Å²) in [4.78, 5) is 37.4. The Morgan fingerprint density at radius 3 is 2.46 bits per heavy atom. The van der Waals surface area contributed by atoms with Crippen molar-refractivity contribution in [3.05, 3.63) is 64.6 Å². The normalized spacial score (nSPS) is 30.1. The molecule has 4 unspecified atom stereocenters. The number of methoxy groups -OCH3 is 1. The largest absolute Gasteiger partial charge is 0.480 e. The lowest BCUT2D eigenvalue weighted by atomic mass is 9.83. The highest BCUT2D eigenvalue weighted by molar-refractivity contribution is 6.06. The predicted molar refractivity (Wildman–Crippen MR) is 162 cm³/mol. The van der Waals surface area contributed by atoms with Crippen molar-refractivity contribution >= 4 is 23.2 Å². The highest BCUT2D eigenvalue weighted by Gasteiger charge is 2.56. The minimum atomic E-state index is -4.98. The third-order valence-electron chi connectivity index (χ3n) is 10.6. The van der Waals surface area contributed by atoms with Gasteiger partial charge in [-0.05, 0) is 80.5 Å². The third kappa shape index (κ3) is 6.30. The zero-order valence-corrected chi connectivity index (χ0v) is 26.5. The standard InChI is InChI=1S/C34H33F7N4O5/c1-49-32-22(10-16(13-42-32)27-21-9-15(11-25(21)50-45-27)29(46)34(39,40)41)30(47)44-28-19-6-5-18(20(19)8-14-2-3-14)26(28)31(48)43-17-4-7-24(35)23(12-17)33(36,37)38/h4,7-8,10,12-15,18-19,21,25-26,28-29,46H,2-3,5-6,9,11H2,1H3,(H,43,48)(H,44,47)/b20-8-/t15?,18-,19+,21?,25?,26-,28+,29?/m0/s1. The first-order chi connectivity index (χ1) is 23.6. The van der Waals surface area contributed by atoms with Crippen LogP contribution in [-0.4, -0.2) is 59.2 Å². The van der Waals surface area contributed by atoms with E-state index in [2.05, 4.69) is 26.8 Å². The molecular formula is C34H33F7N4O5. The Morgan fingerprint density at radius 1 is 1.04 bits per heavy atom. The zero-order valence-electron chi connectivity index (χ0n) is 26.5. The number of nitrogens with one attached hydrogen (secondary N) is 2. The number of halogens is 7. The summed E-state index contributed by atoms with van der Waals surface area (Å²) >= 11 is 0. The van der Waals surface area contributed by atoms with Gasteiger partial charge in [0.15, 0.2) is 6.10 Å². The van der Waals surface area contributed by atoms with Crippen molar-refractivity contribution in [3.63, 3.8) is 0 Å². The quantitative estimate of drug-likeness (QED) is 0.227. The third-order valence-corrected chi connectivity index (χ3v) is 10.6. The number of amides is 2. The number of carbonyl (C=O) groups is 2. The second kappa shape index (κ2) is 12.5. The van der Waals surface area contributed by atoms with Crippen LogP contribution in [0, 0.1) is 41.3 Å². The molecule has 1 aliphatic heterocycles. The van der Waals surface area contributed by atoms with Gasteiger partial charge in [-0.15, -0.1) is 0 Å². The van der Waals surface area contributed by atoms with Gasteiger partial charge < -0.3 is 25.3 Å². The number of carbonyl (C=O) groups excluding carboxylic acids is 2. The summed E-state index contributed by atoms with van der Waals surface area (Å²) in [6.07, 6.45) is -6.30. The van der Waals surface area contributed by atoms with E-state index in [1.165, 1.54) is 19.4 Å². The SMILES string of the molecule is COc1ncc(C2=NOC3CC(C(O)C(F)(F)F)CC23)cc1C(=O)N[C@H]1[C@@H](C(=O)Nc2ccc(F)c(C(F)(F)F)c2)[C@H]2CC[C@@H]1/C2=C\C1CC1. The molecule has 2 amide bonds. The average Bonchev–Trinajstić information content (AvgIpc) is 3.33. The topological polar surface area (TPSA) is 122 Å². The van der Waals surface area contributed by atoms with Crippen LogP contribution in [0.15, 0.2) is 47.3 Å². The zero-order chi connectivity index (χ0) is 35.7. The fraction of sp³-hybridized carbons (Fsp3) is 0.529. The van der Waals surface area contributed by atoms with Crippen LogP contribution in [0.4, 0.5) is 36.4 Å². The second-order valence-corrected chi connectivity index (χ2v) is 13.7. The summed E-state index contributed by atoms with van der Waals surface area (Å²) in [6.45, 7) is 0. The smallest absolute Gasteiger partial charge is 0.419 e. The molecule has 268 valence electrons. The fourth-order valence-electron chi connectivity index (χ4n) is 8.18. The molecule has 8 atom stereocenters. The van der Waals surface area contributed by atoms with E-state index in [0.29, 0.717) is 36.5 Å². The van der Waals surface area contributed by atoms with Crippen molar-refractivity contribution in [2.24, 2.45) is 40.7 Å². The minimum Gasteiger partial charge on any atom is -0.480 e. The number of fused-ring (bicyclic) bond motifs is 3. The first kappa shape index (κ1) is 34.2. The van der Waals surface area contributed by atoms with Gasteiger partial charge >= 0.3 is 12.4 Å². The lowest BCUT2D eigenvalue weighted by Gasteiger charge is -2.30. The predicted octanol–water partition coefficient (Wildman–Crippen LogP) is 6.03. The number of ether oxygens (including phenoxy) is 1. The monoisotopic (exact) mass is 710 g/mol. The number of alkyl halides is 6. The summed E-state index contributed by atoms with van der Waals surface area (Å²) in [5.41, 5.74) is -0.191. The van der Waals surface area contributed by atoms with Crippen LogP contribution >= 0.6 is 0 Å². The first-order valence-corrected chi connectivity index (χ1v) is 16.4. The number of oxime groups is 1. The Labute approximate surface area is 281 Å². The number of aliphatic hydroxyl groups is 1. The molecule has 2 heterocycles. The Morgan fingerprint density at radius 2 is 1.78 bits per heavy atom. The van der Waals surface area contributed by atoms with Crippen LogP contribution in [0.2, 0.25) is 0 Å². The lowest BCUT2D eigenvalue weighted by Crippen LogP contribution is -2.48. The van der Waals surface area contributed by atoms with Crippen molar-refractivity contribution in [1.82, 2.24) is 10.3 Å². The van der Waals surface area contributed by atoms with Gasteiger partial charge in [-0.3, -0.25) is 9.59 Å². The molecule has 4 fully saturated rings. The number of pyridine rings is 1. The number of benzene rings is 1. The maximum absolute atomic E-state index is 14.0. The van der Waals surface area contributed by atoms with E-state index >= 15 is 0 Å². The average molecular weight is 711 g/mol. The second-order valence-electron chi connectivity index (χ2n) is 13.7. The summed E-state index contributed by atoms with van der Waals surface area (Å²) in [6, 6.07) is 2.89. The lowest BCUT2D eigenvalue weighted by molar-refractivity contribution is -0.219.